The van der Waals surface area contributed by atoms with Gasteiger partial charge in [0.2, 0.25) is 5.91 Å². The van der Waals surface area contributed by atoms with Crippen molar-refractivity contribution in [3.63, 3.8) is 0 Å². The predicted octanol–water partition coefficient (Wildman–Crippen LogP) is 3.23. The Morgan fingerprint density at radius 1 is 1.25 bits per heavy atom. The second-order valence-corrected chi connectivity index (χ2v) is 10.5. The van der Waals surface area contributed by atoms with Crippen molar-refractivity contribution >= 4 is 33.4 Å². The number of hydrogen-bond donors (Lipinski definition) is 1. The number of thiophene rings is 1. The molecular formula is C27H29FN4O7S. The quantitative estimate of drug-likeness (QED) is 0.365. The minimum atomic E-state index is -1.27. The van der Waals surface area contributed by atoms with Gasteiger partial charge in [-0.05, 0) is 50.5 Å². The van der Waals surface area contributed by atoms with Gasteiger partial charge in [-0.1, -0.05) is 0 Å². The fraction of sp³-hybridized carbons (Fsp3) is 0.444. The number of fused-ring (bicyclic) bond motifs is 1. The van der Waals surface area contributed by atoms with E-state index in [1.165, 1.54) is 43.7 Å². The number of hydrogen-bond acceptors (Lipinski definition) is 8. The van der Waals surface area contributed by atoms with Crippen LogP contribution in [0.5, 0.6) is 5.75 Å². The van der Waals surface area contributed by atoms with E-state index in [1.54, 1.807) is 4.90 Å². The molecule has 11 nitrogen and oxygen atoms in total. The van der Waals surface area contributed by atoms with E-state index in [4.69, 9.17) is 14.7 Å². The lowest BCUT2D eigenvalue weighted by atomic mass is 10.1. The smallest absolute Gasteiger partial charge is 0.346 e. The molecule has 1 fully saturated rings. The van der Waals surface area contributed by atoms with E-state index in [-0.39, 0.29) is 57.4 Å². The van der Waals surface area contributed by atoms with Gasteiger partial charge >= 0.3 is 11.7 Å². The zero-order chi connectivity index (χ0) is 29.1. The summed E-state index contributed by atoms with van der Waals surface area (Å²) in [5.41, 5.74) is -1.17. The Morgan fingerprint density at radius 2 is 1.95 bits per heavy atom. The summed E-state index contributed by atoms with van der Waals surface area (Å²) in [6.07, 6.45) is 0.630. The topological polar surface area (TPSA) is 144 Å². The van der Waals surface area contributed by atoms with Gasteiger partial charge in [0.25, 0.3) is 5.56 Å². The number of carbonyl (C=O) groups is 2. The van der Waals surface area contributed by atoms with Crippen LogP contribution in [0, 0.1) is 24.1 Å². The molecule has 212 valence electrons. The largest absolute Gasteiger partial charge is 0.496 e. The van der Waals surface area contributed by atoms with Crippen molar-refractivity contribution in [1.82, 2.24) is 14.0 Å². The van der Waals surface area contributed by atoms with Gasteiger partial charge in [0, 0.05) is 18.7 Å². The number of likely N-dealkylation sites (tertiary alicyclic amines) is 1. The molecule has 1 aromatic carbocycles. The molecule has 1 N–H and O–H groups in total. The fourth-order valence-electron chi connectivity index (χ4n) is 4.99. The summed E-state index contributed by atoms with van der Waals surface area (Å²) in [6.45, 7) is 3.66. The van der Waals surface area contributed by atoms with Crippen LogP contribution in [0.2, 0.25) is 0 Å². The summed E-state index contributed by atoms with van der Waals surface area (Å²) < 4.78 is 27.7. The molecule has 3 aromatic rings. The van der Waals surface area contributed by atoms with Crippen molar-refractivity contribution in [3.05, 3.63) is 60.9 Å². The van der Waals surface area contributed by atoms with Crippen LogP contribution in [0.3, 0.4) is 0 Å². The van der Waals surface area contributed by atoms with Crippen LogP contribution in [0.4, 0.5) is 4.39 Å². The highest BCUT2D eigenvalue weighted by Crippen LogP contribution is 2.33. The molecule has 0 radical (unpaired) electrons. The van der Waals surface area contributed by atoms with Crippen molar-refractivity contribution < 1.29 is 28.6 Å². The van der Waals surface area contributed by atoms with Gasteiger partial charge in [0.05, 0.1) is 38.1 Å². The number of aromatic nitrogens is 2. The molecule has 0 saturated carbocycles. The maximum absolute atomic E-state index is 14.3. The van der Waals surface area contributed by atoms with Gasteiger partial charge < -0.3 is 19.5 Å². The molecule has 1 aliphatic rings. The number of aromatic carboxylic acids is 1. The van der Waals surface area contributed by atoms with Crippen LogP contribution in [0.1, 0.15) is 59.1 Å². The summed E-state index contributed by atoms with van der Waals surface area (Å²) >= 11 is 0.761. The van der Waals surface area contributed by atoms with Crippen molar-refractivity contribution in [3.8, 4) is 11.8 Å². The van der Waals surface area contributed by atoms with E-state index in [9.17, 15) is 28.7 Å². The summed E-state index contributed by atoms with van der Waals surface area (Å²) in [6, 6.07) is 4.61. The number of amides is 1. The van der Waals surface area contributed by atoms with Crippen LogP contribution >= 0.6 is 11.3 Å². The second kappa shape index (κ2) is 12.0. The molecule has 2 atom stereocenters. The van der Waals surface area contributed by atoms with Crippen LogP contribution in [-0.2, 0) is 16.1 Å². The fourth-order valence-corrected chi connectivity index (χ4v) is 6.13. The molecule has 0 spiro atoms. The number of nitrogens with zero attached hydrogens (tertiary/aromatic N) is 4. The van der Waals surface area contributed by atoms with Gasteiger partial charge in [0.15, 0.2) is 0 Å². The number of carbonyl (C=O) groups excluding carboxylic acids is 1. The molecule has 1 amide bonds. The third-order valence-electron chi connectivity index (χ3n) is 7.02. The molecule has 13 heteroatoms. The molecule has 0 unspecified atom stereocenters. The van der Waals surface area contributed by atoms with E-state index in [1.807, 2.05) is 6.07 Å². The zero-order valence-electron chi connectivity index (χ0n) is 22.3. The number of halogens is 1. The summed E-state index contributed by atoms with van der Waals surface area (Å²) in [5.74, 6) is -1.97. The lowest BCUT2D eigenvalue weighted by Crippen LogP contribution is -2.47. The highest BCUT2D eigenvalue weighted by molar-refractivity contribution is 7.20. The number of carboxylic acids is 1. The molecule has 0 bridgehead atoms. The number of benzene rings is 1. The summed E-state index contributed by atoms with van der Waals surface area (Å²) in [5, 5.41) is 18.8. The average Bonchev–Trinajstić information content (AvgIpc) is 3.58. The van der Waals surface area contributed by atoms with E-state index in [0.717, 1.165) is 28.7 Å². The third kappa shape index (κ3) is 5.37. The van der Waals surface area contributed by atoms with Crippen molar-refractivity contribution in [2.75, 3.05) is 26.8 Å². The molecule has 40 heavy (non-hydrogen) atoms. The minimum absolute atomic E-state index is 0.00468. The first-order chi connectivity index (χ1) is 19.1. The normalized spacial score (nSPS) is 14.7. The number of rotatable bonds is 10. The van der Waals surface area contributed by atoms with Crippen molar-refractivity contribution in [2.45, 2.75) is 51.8 Å². The Morgan fingerprint density at radius 3 is 2.58 bits per heavy atom. The molecule has 0 aliphatic carbocycles. The Bertz CT molecular complexity index is 1610. The van der Waals surface area contributed by atoms with E-state index in [0.29, 0.717) is 13.1 Å². The first-order valence-corrected chi connectivity index (χ1v) is 13.5. The van der Waals surface area contributed by atoms with E-state index < -0.39 is 35.2 Å². The standard InChI is InChI=1S/C27H29FN4O7S/c1-15-21-24(34)32(16(2)23(33)30-10-4-5-11-30)27(37)31(25(21)40-22(15)26(35)36)14-20(39-12-6-9-29)18-13-17(28)7-8-19(18)38-3/h7-8,13,16,20H,4-6,10-12,14H2,1-3H3,(H,35,36)/t16-,20-/m0/s1. The monoisotopic (exact) mass is 572 g/mol. The Balaban J connectivity index is 1.95. The van der Waals surface area contributed by atoms with Gasteiger partial charge in [-0.15, -0.1) is 11.3 Å². The molecule has 4 rings (SSSR count). The first kappa shape index (κ1) is 29.0. The van der Waals surface area contributed by atoms with E-state index >= 15 is 0 Å². The van der Waals surface area contributed by atoms with E-state index in [2.05, 4.69) is 0 Å². The zero-order valence-corrected chi connectivity index (χ0v) is 23.1. The van der Waals surface area contributed by atoms with Gasteiger partial charge in [-0.2, -0.15) is 5.26 Å². The summed E-state index contributed by atoms with van der Waals surface area (Å²) in [7, 11) is 1.39. The number of nitriles is 1. The second-order valence-electron chi connectivity index (χ2n) is 9.47. The highest BCUT2D eigenvalue weighted by Gasteiger charge is 2.31. The molecule has 2 aromatic heterocycles. The predicted molar refractivity (Wildman–Crippen MR) is 144 cm³/mol. The van der Waals surface area contributed by atoms with Crippen molar-refractivity contribution in [1.29, 1.82) is 5.26 Å². The maximum atomic E-state index is 14.3. The lowest BCUT2D eigenvalue weighted by Gasteiger charge is -2.24. The molecule has 1 aliphatic heterocycles. The SMILES string of the molecule is COc1ccc(F)cc1[C@H](Cn1c(=O)n([C@@H](C)C(=O)N2CCCC2)c(=O)c2c(C)c(C(=O)O)sc21)OCCC#N. The van der Waals surface area contributed by atoms with Gasteiger partial charge in [-0.25, -0.2) is 18.5 Å². The van der Waals surface area contributed by atoms with Crippen LogP contribution < -0.4 is 16.0 Å². The lowest BCUT2D eigenvalue weighted by molar-refractivity contribution is -0.133. The van der Waals surface area contributed by atoms with Crippen LogP contribution in [0.25, 0.3) is 10.2 Å². The average molecular weight is 573 g/mol. The number of ether oxygens (including phenoxy) is 2. The Hall–Kier alpha value is -4.02. The first-order valence-electron chi connectivity index (χ1n) is 12.7. The number of methoxy groups -OCH3 is 1. The van der Waals surface area contributed by atoms with Crippen LogP contribution in [0.15, 0.2) is 27.8 Å². The molecule has 1 saturated heterocycles. The highest BCUT2D eigenvalue weighted by atomic mass is 32.1. The van der Waals surface area contributed by atoms with Gasteiger partial charge in [-0.3, -0.25) is 14.2 Å². The molecular weight excluding hydrogens is 543 g/mol. The maximum Gasteiger partial charge on any atom is 0.346 e. The Kier molecular flexibility index (Phi) is 8.70. The van der Waals surface area contributed by atoms with Gasteiger partial charge in [0.1, 0.15) is 33.4 Å². The summed E-state index contributed by atoms with van der Waals surface area (Å²) in [4.78, 5) is 54.5. The minimum Gasteiger partial charge on any atom is -0.496 e. The van der Waals surface area contributed by atoms with Crippen molar-refractivity contribution in [2.24, 2.45) is 0 Å². The number of carboxylic acid groups (broad SMARTS) is 1. The van der Waals surface area contributed by atoms with Crippen LogP contribution in [-0.4, -0.2) is 57.8 Å². The Labute approximate surface area is 232 Å². The number of aryl methyl sites for hydroxylation is 1. The molecule has 3 heterocycles. The third-order valence-corrected chi connectivity index (χ3v) is 8.32.